The van der Waals surface area contributed by atoms with E-state index in [9.17, 15) is 43.2 Å². The van der Waals surface area contributed by atoms with Gasteiger partial charge in [-0.1, -0.05) is 383 Å². The Kier molecular flexibility index (Phi) is 71.5. The van der Waals surface area contributed by atoms with Crippen LogP contribution in [-0.2, 0) is 65.4 Å². The molecule has 0 spiro atoms. The number of rotatable bonds is 81. The fourth-order valence-corrected chi connectivity index (χ4v) is 14.5. The Morgan fingerprint density at radius 3 is 0.689 bits per heavy atom. The van der Waals surface area contributed by atoms with Crippen LogP contribution in [0.15, 0.2) is 0 Å². The third-order valence-corrected chi connectivity index (χ3v) is 21.8. The molecular formula is C84H164O17P2. The predicted octanol–water partition coefficient (Wildman–Crippen LogP) is 25.2. The number of aliphatic hydroxyl groups excluding tert-OH is 1. The number of esters is 4. The summed E-state index contributed by atoms with van der Waals surface area (Å²) in [6, 6.07) is 0. The van der Waals surface area contributed by atoms with Crippen LogP contribution in [0.4, 0.5) is 0 Å². The number of phosphoric acid groups is 2. The monoisotopic (exact) mass is 1510 g/mol. The lowest BCUT2D eigenvalue weighted by Gasteiger charge is -2.21. The number of carbonyl (C=O) groups is 4. The standard InChI is InChI=1S/C84H164O17P2/c1-9-77(8)63-55-47-42-43-49-57-65-82(87)95-71-80(101-83(88)66-58-50-40-34-28-22-17-13-11-10-12-15-19-24-30-36-44-52-60-74(2)3)73-99-103(92,93)97-69-78(85)68-96-102(90,91)98-72-79(100-84(89)67-59-51-41-35-29-23-26-32-38-46-54-62-76(6)7)70-94-81(86)64-56-48-39-33-27-21-18-14-16-20-25-31-37-45-53-61-75(4)5/h74-80,85H,9-73H2,1-8H3,(H,90,91)(H,92,93)/t77?,78-,79-,80-/m1/s1. The summed E-state index contributed by atoms with van der Waals surface area (Å²) >= 11 is 0. The molecule has 0 heterocycles. The highest BCUT2D eigenvalue weighted by Gasteiger charge is 2.30. The Bertz CT molecular complexity index is 2010. The van der Waals surface area contributed by atoms with Gasteiger partial charge in [-0.3, -0.25) is 37.3 Å². The lowest BCUT2D eigenvalue weighted by molar-refractivity contribution is -0.161. The molecule has 0 aliphatic heterocycles. The first kappa shape index (κ1) is 101. The van der Waals surface area contributed by atoms with E-state index in [2.05, 4.69) is 55.4 Å². The topological polar surface area (TPSA) is 237 Å². The second-order valence-corrected chi connectivity index (χ2v) is 34.8. The fraction of sp³-hybridized carbons (Fsp3) is 0.952. The lowest BCUT2D eigenvalue weighted by atomic mass is 10.00. The van der Waals surface area contributed by atoms with E-state index < -0.39 is 97.5 Å². The fourth-order valence-electron chi connectivity index (χ4n) is 12.9. The van der Waals surface area contributed by atoms with Crippen molar-refractivity contribution in [2.75, 3.05) is 39.6 Å². The van der Waals surface area contributed by atoms with Crippen LogP contribution in [0.1, 0.15) is 434 Å². The van der Waals surface area contributed by atoms with E-state index in [1.54, 1.807) is 0 Å². The van der Waals surface area contributed by atoms with E-state index in [1.807, 2.05) is 0 Å². The summed E-state index contributed by atoms with van der Waals surface area (Å²) in [5, 5.41) is 10.7. The summed E-state index contributed by atoms with van der Waals surface area (Å²) in [6.45, 7) is 14.3. The van der Waals surface area contributed by atoms with Gasteiger partial charge in [0.2, 0.25) is 0 Å². The SMILES string of the molecule is CCC(C)CCCCCCCCC(=O)OC[C@H](COP(=O)(O)OC[C@H](O)COP(=O)(O)OC[C@@H](COC(=O)CCCCCCCCCCCCCCCCCC(C)C)OC(=O)CCCCCCCCCCCCCC(C)C)OC(=O)CCCCCCCCCCCCCCCCCCCCC(C)C. The summed E-state index contributed by atoms with van der Waals surface area (Å²) in [7, 11) is -9.93. The van der Waals surface area contributed by atoms with Crippen LogP contribution in [-0.4, -0.2) is 96.7 Å². The predicted molar refractivity (Wildman–Crippen MR) is 423 cm³/mol. The zero-order chi connectivity index (χ0) is 76.0. The van der Waals surface area contributed by atoms with Crippen molar-refractivity contribution in [2.24, 2.45) is 23.7 Å². The number of hydrogen-bond acceptors (Lipinski definition) is 15. The molecule has 19 heteroatoms. The maximum absolute atomic E-state index is 13.1. The summed E-state index contributed by atoms with van der Waals surface area (Å²) in [5.41, 5.74) is 0. The molecule has 0 rings (SSSR count). The minimum Gasteiger partial charge on any atom is -0.462 e. The maximum Gasteiger partial charge on any atom is 0.472 e. The second kappa shape index (κ2) is 72.9. The van der Waals surface area contributed by atoms with Gasteiger partial charge >= 0.3 is 39.5 Å². The zero-order valence-electron chi connectivity index (χ0n) is 68.0. The van der Waals surface area contributed by atoms with Crippen LogP contribution in [0.25, 0.3) is 0 Å². The van der Waals surface area contributed by atoms with Crippen LogP contribution in [0.3, 0.4) is 0 Å². The van der Waals surface area contributed by atoms with Gasteiger partial charge in [-0.15, -0.1) is 0 Å². The molecule has 3 unspecified atom stereocenters. The van der Waals surface area contributed by atoms with E-state index in [0.717, 1.165) is 120 Å². The van der Waals surface area contributed by atoms with Crippen LogP contribution < -0.4 is 0 Å². The molecule has 0 aromatic carbocycles. The Hall–Kier alpha value is -1.94. The van der Waals surface area contributed by atoms with Gasteiger partial charge in [-0.25, -0.2) is 9.13 Å². The van der Waals surface area contributed by atoms with Crippen molar-refractivity contribution >= 4 is 39.5 Å². The molecule has 0 radical (unpaired) electrons. The van der Waals surface area contributed by atoms with Crippen LogP contribution in [0.2, 0.25) is 0 Å². The zero-order valence-corrected chi connectivity index (χ0v) is 69.7. The average Bonchev–Trinajstić information content (AvgIpc) is 0.909. The minimum absolute atomic E-state index is 0.106. The molecule has 0 saturated heterocycles. The van der Waals surface area contributed by atoms with Crippen molar-refractivity contribution in [1.82, 2.24) is 0 Å². The number of hydrogen-bond donors (Lipinski definition) is 3. The van der Waals surface area contributed by atoms with Gasteiger partial charge in [-0.05, 0) is 49.4 Å². The molecule has 6 atom stereocenters. The van der Waals surface area contributed by atoms with Crippen molar-refractivity contribution in [3.63, 3.8) is 0 Å². The highest BCUT2D eigenvalue weighted by atomic mass is 31.2. The first-order valence-electron chi connectivity index (χ1n) is 43.2. The largest absolute Gasteiger partial charge is 0.472 e. The van der Waals surface area contributed by atoms with E-state index >= 15 is 0 Å². The normalized spacial score (nSPS) is 14.2. The molecule has 0 bridgehead atoms. The third-order valence-electron chi connectivity index (χ3n) is 19.9. The Labute approximate surface area is 632 Å². The minimum atomic E-state index is -4.96. The van der Waals surface area contributed by atoms with E-state index in [1.165, 1.54) is 231 Å². The molecule has 0 amide bonds. The smallest absolute Gasteiger partial charge is 0.462 e. The summed E-state index contributed by atoms with van der Waals surface area (Å²) in [4.78, 5) is 73.1. The molecule has 0 aliphatic carbocycles. The van der Waals surface area contributed by atoms with Crippen molar-refractivity contribution < 1.29 is 80.2 Å². The molecule has 0 aliphatic rings. The summed E-state index contributed by atoms with van der Waals surface area (Å²) < 4.78 is 68.8. The molecule has 3 N–H and O–H groups in total. The Morgan fingerprint density at radius 1 is 0.272 bits per heavy atom. The number of phosphoric ester groups is 2. The van der Waals surface area contributed by atoms with Crippen LogP contribution in [0.5, 0.6) is 0 Å². The number of unbranched alkanes of at least 4 members (excludes halogenated alkanes) is 46. The molecule has 0 fully saturated rings. The molecule has 0 aromatic rings. The van der Waals surface area contributed by atoms with Gasteiger partial charge < -0.3 is 33.8 Å². The number of carbonyl (C=O) groups excluding carboxylic acids is 4. The van der Waals surface area contributed by atoms with E-state index in [-0.39, 0.29) is 25.7 Å². The summed E-state index contributed by atoms with van der Waals surface area (Å²) in [5.74, 6) is 1.01. The first-order chi connectivity index (χ1) is 49.6. The highest BCUT2D eigenvalue weighted by Crippen LogP contribution is 2.45. The molecule has 17 nitrogen and oxygen atoms in total. The second-order valence-electron chi connectivity index (χ2n) is 31.9. The van der Waals surface area contributed by atoms with Gasteiger partial charge in [0, 0.05) is 25.7 Å². The molecule has 103 heavy (non-hydrogen) atoms. The average molecular weight is 1510 g/mol. The Morgan fingerprint density at radius 2 is 0.466 bits per heavy atom. The van der Waals surface area contributed by atoms with Crippen molar-refractivity contribution in [2.45, 2.75) is 453 Å². The summed E-state index contributed by atoms with van der Waals surface area (Å²) in [6.07, 6.45) is 61.2. The van der Waals surface area contributed by atoms with Crippen LogP contribution in [0, 0.1) is 23.7 Å². The van der Waals surface area contributed by atoms with E-state index in [4.69, 9.17) is 37.0 Å². The van der Waals surface area contributed by atoms with Gasteiger partial charge in [0.1, 0.15) is 19.3 Å². The third kappa shape index (κ3) is 76.6. The number of aliphatic hydroxyl groups is 1. The molecule has 612 valence electrons. The van der Waals surface area contributed by atoms with Crippen LogP contribution >= 0.6 is 15.6 Å². The Balaban J connectivity index is 5.20. The molecule has 0 aromatic heterocycles. The van der Waals surface area contributed by atoms with Crippen molar-refractivity contribution in [3.05, 3.63) is 0 Å². The van der Waals surface area contributed by atoms with Crippen molar-refractivity contribution in [3.8, 4) is 0 Å². The maximum atomic E-state index is 13.1. The van der Waals surface area contributed by atoms with Gasteiger partial charge in [0.15, 0.2) is 12.2 Å². The highest BCUT2D eigenvalue weighted by molar-refractivity contribution is 7.47. The molecule has 0 saturated carbocycles. The van der Waals surface area contributed by atoms with Gasteiger partial charge in [-0.2, -0.15) is 0 Å². The van der Waals surface area contributed by atoms with E-state index in [0.29, 0.717) is 25.7 Å². The number of ether oxygens (including phenoxy) is 4. The lowest BCUT2D eigenvalue weighted by Crippen LogP contribution is -2.30. The quantitative estimate of drug-likeness (QED) is 0.0222. The van der Waals surface area contributed by atoms with Gasteiger partial charge in [0.05, 0.1) is 26.4 Å². The first-order valence-corrected chi connectivity index (χ1v) is 46.2. The van der Waals surface area contributed by atoms with Crippen molar-refractivity contribution in [1.29, 1.82) is 0 Å². The molecular weight excluding hydrogens is 1340 g/mol. The van der Waals surface area contributed by atoms with Gasteiger partial charge in [0.25, 0.3) is 0 Å².